The van der Waals surface area contributed by atoms with Crippen LogP contribution in [0.4, 0.5) is 0 Å². The van der Waals surface area contributed by atoms with Gasteiger partial charge in [-0.3, -0.25) is 9.89 Å². The minimum absolute atomic E-state index is 0.0963. The number of rotatable bonds is 4. The molecule has 0 aliphatic heterocycles. The molecule has 1 amide bonds. The van der Waals surface area contributed by atoms with Crippen LogP contribution in [0.3, 0.4) is 0 Å². The van der Waals surface area contributed by atoms with Gasteiger partial charge in [0.15, 0.2) is 0 Å². The predicted octanol–water partition coefficient (Wildman–Crippen LogP) is 0.938. The molecule has 5 nitrogen and oxygen atoms in total. The summed E-state index contributed by atoms with van der Waals surface area (Å²) in [6, 6.07) is 0. The number of amides is 1. The average molecular weight is 237 g/mol. The molecule has 1 aromatic heterocycles. The van der Waals surface area contributed by atoms with Gasteiger partial charge in [-0.1, -0.05) is 12.8 Å². The van der Waals surface area contributed by atoms with Gasteiger partial charge >= 0.3 is 0 Å². The highest BCUT2D eigenvalue weighted by molar-refractivity contribution is 5.93. The van der Waals surface area contributed by atoms with E-state index in [1.807, 2.05) is 0 Å². The van der Waals surface area contributed by atoms with Crippen molar-refractivity contribution in [2.45, 2.75) is 25.7 Å². The lowest BCUT2D eigenvalue weighted by Crippen LogP contribution is -2.35. The van der Waals surface area contributed by atoms with Crippen LogP contribution in [0.25, 0.3) is 0 Å². The first-order valence-electron chi connectivity index (χ1n) is 6.19. The Hall–Kier alpha value is -1.36. The van der Waals surface area contributed by atoms with E-state index in [9.17, 15) is 9.90 Å². The fourth-order valence-electron chi connectivity index (χ4n) is 2.49. The molecule has 1 heterocycles. The van der Waals surface area contributed by atoms with Crippen LogP contribution in [0.5, 0.6) is 0 Å². The molecule has 0 bridgehead atoms. The number of aliphatic hydroxyl groups is 1. The van der Waals surface area contributed by atoms with E-state index in [2.05, 4.69) is 15.5 Å². The van der Waals surface area contributed by atoms with E-state index < -0.39 is 0 Å². The van der Waals surface area contributed by atoms with Gasteiger partial charge in [-0.25, -0.2) is 0 Å². The summed E-state index contributed by atoms with van der Waals surface area (Å²) in [5.41, 5.74) is 0.557. The van der Waals surface area contributed by atoms with Gasteiger partial charge < -0.3 is 10.4 Å². The van der Waals surface area contributed by atoms with Crippen molar-refractivity contribution in [2.75, 3.05) is 13.2 Å². The van der Waals surface area contributed by atoms with Gasteiger partial charge in [-0.15, -0.1) is 0 Å². The molecule has 1 aliphatic carbocycles. The zero-order chi connectivity index (χ0) is 12.1. The zero-order valence-electron chi connectivity index (χ0n) is 9.85. The van der Waals surface area contributed by atoms with E-state index in [1.165, 1.54) is 19.0 Å². The van der Waals surface area contributed by atoms with Crippen molar-refractivity contribution >= 4 is 5.91 Å². The van der Waals surface area contributed by atoms with Crippen molar-refractivity contribution < 1.29 is 9.90 Å². The Morgan fingerprint density at radius 1 is 1.47 bits per heavy atom. The Balaban J connectivity index is 1.82. The Kier molecular flexibility index (Phi) is 4.14. The summed E-state index contributed by atoms with van der Waals surface area (Å²) in [5.74, 6) is 0.652. The molecule has 1 aliphatic rings. The molecule has 2 rings (SSSR count). The molecule has 1 fully saturated rings. The Bertz CT molecular complexity index is 351. The van der Waals surface area contributed by atoms with Gasteiger partial charge in [0.1, 0.15) is 0 Å². The fourth-order valence-corrected chi connectivity index (χ4v) is 2.49. The van der Waals surface area contributed by atoms with Crippen LogP contribution in [0.15, 0.2) is 12.4 Å². The maximum atomic E-state index is 11.7. The molecule has 2 unspecified atom stereocenters. The minimum Gasteiger partial charge on any atom is -0.396 e. The summed E-state index contributed by atoms with van der Waals surface area (Å²) in [6.45, 7) is 0.876. The molecular formula is C12H19N3O2. The molecule has 0 saturated heterocycles. The standard InChI is InChI=1S/C12H19N3O2/c16-8-10-4-2-1-3-9(10)5-13-12(17)11-6-14-15-7-11/h6-7,9-10,16H,1-5,8H2,(H,13,17)(H,14,15). The van der Waals surface area contributed by atoms with Crippen molar-refractivity contribution in [3.05, 3.63) is 18.0 Å². The number of hydrogen-bond acceptors (Lipinski definition) is 3. The number of H-pyrrole nitrogens is 1. The lowest BCUT2D eigenvalue weighted by molar-refractivity contribution is 0.0909. The molecule has 0 spiro atoms. The average Bonchev–Trinajstić information content (AvgIpc) is 2.90. The second-order valence-corrected chi connectivity index (χ2v) is 4.68. The van der Waals surface area contributed by atoms with Crippen LogP contribution in [0.2, 0.25) is 0 Å². The summed E-state index contributed by atoms with van der Waals surface area (Å²) in [7, 11) is 0. The first kappa shape index (κ1) is 12.1. The van der Waals surface area contributed by atoms with Crippen LogP contribution < -0.4 is 5.32 Å². The van der Waals surface area contributed by atoms with Crippen molar-refractivity contribution in [1.82, 2.24) is 15.5 Å². The third kappa shape index (κ3) is 3.06. The number of aromatic amines is 1. The smallest absolute Gasteiger partial charge is 0.254 e. The van der Waals surface area contributed by atoms with Gasteiger partial charge in [0, 0.05) is 19.3 Å². The van der Waals surface area contributed by atoms with Gasteiger partial charge in [0.05, 0.1) is 11.8 Å². The number of hydrogen-bond donors (Lipinski definition) is 3. The molecule has 94 valence electrons. The van der Waals surface area contributed by atoms with Crippen molar-refractivity contribution in [3.8, 4) is 0 Å². The van der Waals surface area contributed by atoms with Crippen molar-refractivity contribution in [3.63, 3.8) is 0 Å². The molecule has 1 saturated carbocycles. The molecule has 3 N–H and O–H groups in total. The van der Waals surface area contributed by atoms with Crippen LogP contribution >= 0.6 is 0 Å². The van der Waals surface area contributed by atoms with E-state index in [0.717, 1.165) is 12.8 Å². The number of nitrogens with one attached hydrogen (secondary N) is 2. The number of aromatic nitrogens is 2. The summed E-state index contributed by atoms with van der Waals surface area (Å²) in [5, 5.41) is 18.6. The Morgan fingerprint density at radius 3 is 2.88 bits per heavy atom. The molecule has 5 heteroatoms. The normalized spacial score (nSPS) is 24.5. The van der Waals surface area contributed by atoms with Crippen LogP contribution in [-0.4, -0.2) is 34.4 Å². The highest BCUT2D eigenvalue weighted by Gasteiger charge is 2.24. The third-order valence-electron chi connectivity index (χ3n) is 3.59. The minimum atomic E-state index is -0.0963. The molecule has 17 heavy (non-hydrogen) atoms. The maximum Gasteiger partial charge on any atom is 0.254 e. The SMILES string of the molecule is O=C(NCC1CCCCC1CO)c1cn[nH]c1. The third-order valence-corrected chi connectivity index (χ3v) is 3.59. The summed E-state index contributed by atoms with van der Waals surface area (Å²) >= 11 is 0. The first-order chi connectivity index (χ1) is 8.31. The van der Waals surface area contributed by atoms with E-state index in [4.69, 9.17) is 0 Å². The van der Waals surface area contributed by atoms with Gasteiger partial charge in [-0.05, 0) is 24.7 Å². The maximum absolute atomic E-state index is 11.7. The predicted molar refractivity (Wildman–Crippen MR) is 63.5 cm³/mol. The Labute approximate surface area is 101 Å². The van der Waals surface area contributed by atoms with E-state index >= 15 is 0 Å². The van der Waals surface area contributed by atoms with Gasteiger partial charge in [-0.2, -0.15) is 5.10 Å². The van der Waals surface area contributed by atoms with E-state index in [0.29, 0.717) is 23.9 Å². The zero-order valence-corrected chi connectivity index (χ0v) is 9.85. The quantitative estimate of drug-likeness (QED) is 0.729. The van der Waals surface area contributed by atoms with Crippen LogP contribution in [0, 0.1) is 11.8 Å². The second kappa shape index (κ2) is 5.82. The largest absolute Gasteiger partial charge is 0.396 e. The lowest BCUT2D eigenvalue weighted by atomic mass is 9.79. The van der Waals surface area contributed by atoms with Crippen LogP contribution in [0.1, 0.15) is 36.0 Å². The van der Waals surface area contributed by atoms with Gasteiger partial charge in [0.2, 0.25) is 0 Å². The topological polar surface area (TPSA) is 78.0 Å². The molecule has 0 radical (unpaired) electrons. The second-order valence-electron chi connectivity index (χ2n) is 4.68. The van der Waals surface area contributed by atoms with Crippen molar-refractivity contribution in [1.29, 1.82) is 0 Å². The highest BCUT2D eigenvalue weighted by Crippen LogP contribution is 2.29. The molecule has 1 aromatic rings. The summed E-state index contributed by atoms with van der Waals surface area (Å²) in [6.07, 6.45) is 7.65. The molecule has 2 atom stereocenters. The number of aliphatic hydroxyl groups excluding tert-OH is 1. The van der Waals surface area contributed by atoms with E-state index in [1.54, 1.807) is 6.20 Å². The highest BCUT2D eigenvalue weighted by atomic mass is 16.3. The van der Waals surface area contributed by atoms with Crippen LogP contribution in [-0.2, 0) is 0 Å². The summed E-state index contributed by atoms with van der Waals surface area (Å²) < 4.78 is 0. The number of carbonyl (C=O) groups excluding carboxylic acids is 1. The number of nitrogens with zero attached hydrogens (tertiary/aromatic N) is 1. The molecule has 0 aromatic carbocycles. The fraction of sp³-hybridized carbons (Fsp3) is 0.667. The lowest BCUT2D eigenvalue weighted by Gasteiger charge is -2.30. The summed E-state index contributed by atoms with van der Waals surface area (Å²) in [4.78, 5) is 11.7. The molecular weight excluding hydrogens is 218 g/mol. The Morgan fingerprint density at radius 2 is 2.24 bits per heavy atom. The monoisotopic (exact) mass is 237 g/mol. The first-order valence-corrected chi connectivity index (χ1v) is 6.19. The van der Waals surface area contributed by atoms with E-state index in [-0.39, 0.29) is 12.5 Å². The number of carbonyl (C=O) groups is 1. The van der Waals surface area contributed by atoms with Gasteiger partial charge in [0.25, 0.3) is 5.91 Å². The van der Waals surface area contributed by atoms with Crippen molar-refractivity contribution in [2.24, 2.45) is 11.8 Å².